The van der Waals surface area contributed by atoms with Gasteiger partial charge in [-0.2, -0.15) is 4.31 Å². The van der Waals surface area contributed by atoms with Crippen molar-refractivity contribution in [2.45, 2.75) is 13.8 Å². The van der Waals surface area contributed by atoms with E-state index in [2.05, 4.69) is 4.31 Å². The van der Waals surface area contributed by atoms with Crippen LogP contribution in [0.25, 0.3) is 0 Å². The molecule has 0 saturated heterocycles. The standard InChI is InChI=1S/C5H12O6P2S/c1-5(2)3-4-14-13(9,10)11-12(6,7)8/h3-5H,1-2H3,(H,9,10)(H2,6,7,8)/b4-3+. The van der Waals surface area contributed by atoms with Crippen LogP contribution < -0.4 is 0 Å². The van der Waals surface area contributed by atoms with E-state index in [1.165, 1.54) is 5.41 Å². The SMILES string of the molecule is CC(C)/C=C/SP(=O)(O)OP(=O)(O)O. The molecule has 0 aromatic carbocycles. The van der Waals surface area contributed by atoms with Gasteiger partial charge >= 0.3 is 14.6 Å². The van der Waals surface area contributed by atoms with Crippen LogP contribution in [0.4, 0.5) is 0 Å². The summed E-state index contributed by atoms with van der Waals surface area (Å²) in [5, 5.41) is 1.28. The summed E-state index contributed by atoms with van der Waals surface area (Å²) in [4.78, 5) is 25.5. The quantitative estimate of drug-likeness (QED) is 0.651. The van der Waals surface area contributed by atoms with Crippen molar-refractivity contribution < 1.29 is 28.1 Å². The smallest absolute Gasteiger partial charge is 0.316 e. The van der Waals surface area contributed by atoms with Gasteiger partial charge in [-0.1, -0.05) is 19.9 Å². The van der Waals surface area contributed by atoms with Gasteiger partial charge in [0.05, 0.1) is 0 Å². The first-order chi connectivity index (χ1) is 6.12. The first-order valence-electron chi connectivity index (χ1n) is 3.57. The van der Waals surface area contributed by atoms with Crippen molar-refractivity contribution in [3.05, 3.63) is 11.5 Å². The van der Waals surface area contributed by atoms with Crippen LogP contribution in [0.2, 0.25) is 0 Å². The van der Waals surface area contributed by atoms with Crippen LogP contribution in [0.3, 0.4) is 0 Å². The fraction of sp³-hybridized carbons (Fsp3) is 0.600. The van der Waals surface area contributed by atoms with Gasteiger partial charge in [0.25, 0.3) is 0 Å². The molecule has 1 atom stereocenters. The van der Waals surface area contributed by atoms with Crippen LogP contribution in [0.5, 0.6) is 0 Å². The fourth-order valence-electron chi connectivity index (χ4n) is 0.423. The van der Waals surface area contributed by atoms with Crippen LogP contribution in [-0.2, 0) is 13.4 Å². The summed E-state index contributed by atoms with van der Waals surface area (Å²) < 4.78 is 24.9. The van der Waals surface area contributed by atoms with E-state index in [0.717, 1.165) is 0 Å². The van der Waals surface area contributed by atoms with Crippen molar-refractivity contribution >= 4 is 26.0 Å². The highest BCUT2D eigenvalue weighted by atomic mass is 32.7. The third kappa shape index (κ3) is 8.97. The molecular weight excluding hydrogens is 250 g/mol. The normalized spacial score (nSPS) is 17.6. The molecule has 0 fully saturated rings. The molecule has 0 aliphatic heterocycles. The maximum absolute atomic E-state index is 11.0. The van der Waals surface area contributed by atoms with Crippen molar-refractivity contribution in [3.8, 4) is 0 Å². The van der Waals surface area contributed by atoms with E-state index in [1.54, 1.807) is 6.08 Å². The Morgan fingerprint density at radius 1 is 1.29 bits per heavy atom. The lowest BCUT2D eigenvalue weighted by atomic mass is 10.2. The van der Waals surface area contributed by atoms with E-state index >= 15 is 0 Å². The fourth-order valence-corrected chi connectivity index (χ4v) is 3.99. The van der Waals surface area contributed by atoms with Gasteiger partial charge in [-0.05, 0) is 22.7 Å². The van der Waals surface area contributed by atoms with Gasteiger partial charge < -0.3 is 14.7 Å². The summed E-state index contributed by atoms with van der Waals surface area (Å²) in [6, 6.07) is 0. The molecule has 14 heavy (non-hydrogen) atoms. The summed E-state index contributed by atoms with van der Waals surface area (Å²) in [7, 11) is -4.92. The van der Waals surface area contributed by atoms with E-state index < -0.39 is 14.6 Å². The lowest BCUT2D eigenvalue weighted by Crippen LogP contribution is -1.83. The Morgan fingerprint density at radius 2 is 1.79 bits per heavy atom. The summed E-state index contributed by atoms with van der Waals surface area (Å²) in [5.41, 5.74) is 0. The van der Waals surface area contributed by atoms with Gasteiger partial charge in [0.2, 0.25) is 0 Å². The average molecular weight is 262 g/mol. The lowest BCUT2D eigenvalue weighted by Gasteiger charge is -2.09. The molecule has 84 valence electrons. The molecule has 0 amide bonds. The summed E-state index contributed by atoms with van der Waals surface area (Å²) >= 11 is 0.350. The van der Waals surface area contributed by atoms with E-state index in [4.69, 9.17) is 14.7 Å². The number of hydrogen-bond donors (Lipinski definition) is 3. The van der Waals surface area contributed by atoms with Crippen molar-refractivity contribution in [1.82, 2.24) is 0 Å². The number of hydrogen-bond acceptors (Lipinski definition) is 4. The van der Waals surface area contributed by atoms with E-state index in [9.17, 15) is 9.13 Å². The molecule has 0 saturated carbocycles. The average Bonchev–Trinajstić information content (AvgIpc) is 1.78. The van der Waals surface area contributed by atoms with Gasteiger partial charge in [-0.15, -0.1) is 0 Å². The largest absolute Gasteiger partial charge is 0.477 e. The zero-order chi connectivity index (χ0) is 11.4. The van der Waals surface area contributed by atoms with Gasteiger partial charge in [-0.25, -0.2) is 9.13 Å². The van der Waals surface area contributed by atoms with Gasteiger partial charge in [0.15, 0.2) is 0 Å². The van der Waals surface area contributed by atoms with Crippen LogP contribution in [0, 0.1) is 5.92 Å². The Kier molecular flexibility index (Phi) is 5.62. The first kappa shape index (κ1) is 14.4. The summed E-state index contributed by atoms with van der Waals surface area (Å²) in [6.07, 6.45) is 1.61. The molecule has 6 nitrogen and oxygen atoms in total. The predicted octanol–water partition coefficient (Wildman–Crippen LogP) is 2.10. The topological polar surface area (TPSA) is 104 Å². The second-order valence-electron chi connectivity index (χ2n) is 2.72. The minimum atomic E-state index is -4.92. The number of rotatable bonds is 5. The highest BCUT2D eigenvalue weighted by Gasteiger charge is 2.30. The van der Waals surface area contributed by atoms with Crippen LogP contribution in [-0.4, -0.2) is 14.7 Å². The molecule has 0 aliphatic rings. The maximum Gasteiger partial charge on any atom is 0.477 e. The number of allylic oxidation sites excluding steroid dienone is 1. The summed E-state index contributed by atoms with van der Waals surface area (Å²) in [5.74, 6) is 0.178. The monoisotopic (exact) mass is 262 g/mol. The van der Waals surface area contributed by atoms with Crippen LogP contribution in [0.15, 0.2) is 11.5 Å². The minimum Gasteiger partial charge on any atom is -0.316 e. The Morgan fingerprint density at radius 3 is 2.14 bits per heavy atom. The molecule has 9 heteroatoms. The molecule has 0 aromatic heterocycles. The molecular formula is C5H12O6P2S. The zero-order valence-electron chi connectivity index (χ0n) is 7.60. The Bertz CT molecular complexity index is 295. The molecule has 0 rings (SSSR count). The Hall–Kier alpha value is 0.390. The molecule has 0 heterocycles. The third-order valence-corrected chi connectivity index (χ3v) is 4.85. The van der Waals surface area contributed by atoms with Gasteiger partial charge in [0, 0.05) is 0 Å². The highest BCUT2D eigenvalue weighted by Crippen LogP contribution is 2.65. The Balaban J connectivity index is 4.23. The molecule has 0 spiro atoms. The second kappa shape index (κ2) is 5.47. The highest BCUT2D eigenvalue weighted by molar-refractivity contribution is 8.56. The zero-order valence-corrected chi connectivity index (χ0v) is 10.2. The van der Waals surface area contributed by atoms with Crippen molar-refractivity contribution in [2.24, 2.45) is 5.92 Å². The Labute approximate surface area is 85.9 Å². The summed E-state index contributed by atoms with van der Waals surface area (Å²) in [6.45, 7) is -0.603. The number of phosphoric acid groups is 1. The minimum absolute atomic E-state index is 0.178. The van der Waals surface area contributed by atoms with Gasteiger partial charge in [0.1, 0.15) is 0 Å². The van der Waals surface area contributed by atoms with Crippen LogP contribution >= 0.6 is 26.0 Å². The van der Waals surface area contributed by atoms with E-state index in [1.807, 2.05) is 13.8 Å². The van der Waals surface area contributed by atoms with E-state index in [0.29, 0.717) is 11.4 Å². The van der Waals surface area contributed by atoms with Gasteiger partial charge in [-0.3, -0.25) is 0 Å². The molecule has 0 aliphatic carbocycles. The van der Waals surface area contributed by atoms with Crippen molar-refractivity contribution in [3.63, 3.8) is 0 Å². The molecule has 0 radical (unpaired) electrons. The van der Waals surface area contributed by atoms with Crippen molar-refractivity contribution in [1.29, 1.82) is 0 Å². The third-order valence-electron chi connectivity index (χ3n) is 0.867. The molecule has 0 bridgehead atoms. The molecule has 0 aromatic rings. The maximum atomic E-state index is 11.0. The predicted molar refractivity (Wildman–Crippen MR) is 54.5 cm³/mol. The second-order valence-corrected chi connectivity index (χ2v) is 7.79. The van der Waals surface area contributed by atoms with Crippen molar-refractivity contribution in [2.75, 3.05) is 0 Å². The first-order valence-corrected chi connectivity index (χ1v) is 8.16. The molecule has 3 N–H and O–H groups in total. The van der Waals surface area contributed by atoms with Crippen LogP contribution in [0.1, 0.15) is 13.8 Å². The van der Waals surface area contributed by atoms with E-state index in [-0.39, 0.29) is 5.92 Å². The molecule has 1 unspecified atom stereocenters. The lowest BCUT2D eigenvalue weighted by molar-refractivity contribution is 0.271.